The van der Waals surface area contributed by atoms with E-state index in [2.05, 4.69) is 0 Å². The highest BCUT2D eigenvalue weighted by molar-refractivity contribution is 5.87. The Hall–Kier alpha value is -1.97. The molecule has 98 valence electrons. The van der Waals surface area contributed by atoms with Gasteiger partial charge in [-0.15, -0.1) is 0 Å². The lowest BCUT2D eigenvalue weighted by Crippen LogP contribution is -2.06. The first-order valence-corrected chi connectivity index (χ1v) is 5.90. The molecule has 0 atom stereocenters. The van der Waals surface area contributed by atoms with E-state index < -0.39 is 0 Å². The number of esters is 1. The average molecular weight is 250 g/mol. The molecule has 4 heteroatoms. The molecule has 0 aromatic heterocycles. The van der Waals surface area contributed by atoms with Crippen molar-refractivity contribution < 1.29 is 19.0 Å². The molecule has 0 aliphatic carbocycles. The molecule has 18 heavy (non-hydrogen) atoms. The molecule has 0 heterocycles. The number of hydrogen-bond acceptors (Lipinski definition) is 4. The summed E-state index contributed by atoms with van der Waals surface area (Å²) in [6.07, 6.45) is 1.38. The van der Waals surface area contributed by atoms with Crippen molar-refractivity contribution in [3.8, 4) is 11.5 Å². The van der Waals surface area contributed by atoms with Crippen LogP contribution in [0.25, 0.3) is 0 Å². The standard InChI is InChI=1S/C14H18O4/c1-4-16-12-6-8-13(9-7-12)18-10-11(3)14(15)17-5-2/h6-10H,4-5H2,1-3H3/b11-10+. The van der Waals surface area contributed by atoms with Crippen molar-refractivity contribution in [2.24, 2.45) is 0 Å². The molecule has 1 aromatic carbocycles. The van der Waals surface area contributed by atoms with Gasteiger partial charge in [0.2, 0.25) is 0 Å². The third kappa shape index (κ3) is 4.49. The van der Waals surface area contributed by atoms with Gasteiger partial charge in [-0.05, 0) is 45.0 Å². The van der Waals surface area contributed by atoms with E-state index in [-0.39, 0.29) is 5.97 Å². The first-order valence-electron chi connectivity index (χ1n) is 5.90. The van der Waals surface area contributed by atoms with Gasteiger partial charge in [0.15, 0.2) is 0 Å². The van der Waals surface area contributed by atoms with E-state index in [9.17, 15) is 4.79 Å². The normalized spacial score (nSPS) is 10.9. The molecule has 0 saturated carbocycles. The summed E-state index contributed by atoms with van der Waals surface area (Å²) in [4.78, 5) is 11.3. The molecule has 0 N–H and O–H groups in total. The molecular formula is C14H18O4. The van der Waals surface area contributed by atoms with Gasteiger partial charge in [-0.3, -0.25) is 0 Å². The fraction of sp³-hybridized carbons (Fsp3) is 0.357. The minimum Gasteiger partial charge on any atom is -0.494 e. The SMILES string of the molecule is CCOC(=O)/C(C)=C/Oc1ccc(OCC)cc1. The Morgan fingerprint density at radius 2 is 1.72 bits per heavy atom. The second kappa shape index (κ2) is 7.37. The summed E-state index contributed by atoms with van der Waals surface area (Å²) in [7, 11) is 0. The van der Waals surface area contributed by atoms with Crippen molar-refractivity contribution in [2.45, 2.75) is 20.8 Å². The number of rotatable bonds is 6. The fourth-order valence-corrected chi connectivity index (χ4v) is 1.23. The monoisotopic (exact) mass is 250 g/mol. The van der Waals surface area contributed by atoms with Crippen LogP contribution in [0, 0.1) is 0 Å². The Bertz CT molecular complexity index is 406. The Morgan fingerprint density at radius 1 is 1.11 bits per heavy atom. The van der Waals surface area contributed by atoms with Crippen LogP contribution in [0.3, 0.4) is 0 Å². The molecule has 0 radical (unpaired) electrons. The van der Waals surface area contributed by atoms with Gasteiger partial charge in [0, 0.05) is 0 Å². The van der Waals surface area contributed by atoms with E-state index in [4.69, 9.17) is 14.2 Å². The van der Waals surface area contributed by atoms with Gasteiger partial charge < -0.3 is 14.2 Å². The average Bonchev–Trinajstić information content (AvgIpc) is 2.38. The van der Waals surface area contributed by atoms with Crippen molar-refractivity contribution in [1.82, 2.24) is 0 Å². The van der Waals surface area contributed by atoms with Gasteiger partial charge in [0.1, 0.15) is 17.8 Å². The van der Waals surface area contributed by atoms with E-state index in [1.807, 2.05) is 19.1 Å². The minimum atomic E-state index is -0.372. The molecule has 0 aliphatic heterocycles. The largest absolute Gasteiger partial charge is 0.494 e. The smallest absolute Gasteiger partial charge is 0.336 e. The van der Waals surface area contributed by atoms with Crippen molar-refractivity contribution >= 4 is 5.97 Å². The summed E-state index contributed by atoms with van der Waals surface area (Å²) >= 11 is 0. The van der Waals surface area contributed by atoms with E-state index >= 15 is 0 Å². The number of carbonyl (C=O) groups is 1. The van der Waals surface area contributed by atoms with Crippen LogP contribution in [-0.2, 0) is 9.53 Å². The zero-order valence-electron chi connectivity index (χ0n) is 10.9. The van der Waals surface area contributed by atoms with Crippen molar-refractivity contribution in [3.05, 3.63) is 36.1 Å². The predicted molar refractivity (Wildman–Crippen MR) is 68.6 cm³/mol. The molecule has 1 aromatic rings. The van der Waals surface area contributed by atoms with Crippen LogP contribution in [0.1, 0.15) is 20.8 Å². The molecular weight excluding hydrogens is 232 g/mol. The maximum Gasteiger partial charge on any atom is 0.336 e. The minimum absolute atomic E-state index is 0.354. The Kier molecular flexibility index (Phi) is 5.77. The second-order valence-electron chi connectivity index (χ2n) is 3.54. The van der Waals surface area contributed by atoms with Crippen LogP contribution in [0.2, 0.25) is 0 Å². The van der Waals surface area contributed by atoms with Crippen LogP contribution in [0.15, 0.2) is 36.1 Å². The maximum atomic E-state index is 11.3. The van der Waals surface area contributed by atoms with Crippen LogP contribution >= 0.6 is 0 Å². The Balaban J connectivity index is 2.57. The highest BCUT2D eigenvalue weighted by Gasteiger charge is 2.04. The highest BCUT2D eigenvalue weighted by Crippen LogP contribution is 2.18. The molecule has 0 unspecified atom stereocenters. The van der Waals surface area contributed by atoms with Gasteiger partial charge in [0.05, 0.1) is 18.8 Å². The molecule has 0 fully saturated rings. The molecule has 0 saturated heterocycles. The van der Waals surface area contributed by atoms with Crippen molar-refractivity contribution in [1.29, 1.82) is 0 Å². The van der Waals surface area contributed by atoms with E-state index in [1.54, 1.807) is 26.0 Å². The van der Waals surface area contributed by atoms with Gasteiger partial charge in [-0.2, -0.15) is 0 Å². The summed E-state index contributed by atoms with van der Waals surface area (Å²) in [5, 5.41) is 0. The van der Waals surface area contributed by atoms with Crippen LogP contribution in [0.4, 0.5) is 0 Å². The third-order valence-electron chi connectivity index (χ3n) is 2.10. The van der Waals surface area contributed by atoms with E-state index in [0.29, 0.717) is 24.5 Å². The Morgan fingerprint density at radius 3 is 2.28 bits per heavy atom. The predicted octanol–water partition coefficient (Wildman–Crippen LogP) is 2.93. The second-order valence-corrected chi connectivity index (χ2v) is 3.54. The summed E-state index contributed by atoms with van der Waals surface area (Å²) in [6.45, 7) is 6.32. The van der Waals surface area contributed by atoms with Gasteiger partial charge in [-0.1, -0.05) is 0 Å². The van der Waals surface area contributed by atoms with Gasteiger partial charge >= 0.3 is 5.97 Å². The molecule has 0 bridgehead atoms. The lowest BCUT2D eigenvalue weighted by molar-refractivity contribution is -0.138. The summed E-state index contributed by atoms with van der Waals surface area (Å²) in [6, 6.07) is 7.18. The fourth-order valence-electron chi connectivity index (χ4n) is 1.23. The number of carbonyl (C=O) groups excluding carboxylic acids is 1. The lowest BCUT2D eigenvalue weighted by Gasteiger charge is -2.05. The molecule has 4 nitrogen and oxygen atoms in total. The molecule has 0 aliphatic rings. The topological polar surface area (TPSA) is 44.8 Å². The zero-order valence-corrected chi connectivity index (χ0v) is 10.9. The van der Waals surface area contributed by atoms with Crippen molar-refractivity contribution in [2.75, 3.05) is 13.2 Å². The van der Waals surface area contributed by atoms with Gasteiger partial charge in [-0.25, -0.2) is 4.79 Å². The summed E-state index contributed by atoms with van der Waals surface area (Å²) in [5.41, 5.74) is 0.422. The lowest BCUT2D eigenvalue weighted by atomic mass is 10.3. The number of hydrogen-bond donors (Lipinski definition) is 0. The van der Waals surface area contributed by atoms with Crippen LogP contribution in [0.5, 0.6) is 11.5 Å². The third-order valence-corrected chi connectivity index (χ3v) is 2.10. The molecule has 1 rings (SSSR count). The first kappa shape index (κ1) is 14.1. The number of ether oxygens (including phenoxy) is 3. The summed E-state index contributed by atoms with van der Waals surface area (Å²) < 4.78 is 15.5. The zero-order chi connectivity index (χ0) is 13.4. The highest BCUT2D eigenvalue weighted by atomic mass is 16.5. The quantitative estimate of drug-likeness (QED) is 0.442. The van der Waals surface area contributed by atoms with Crippen LogP contribution in [-0.4, -0.2) is 19.2 Å². The summed E-state index contributed by atoms with van der Waals surface area (Å²) in [5.74, 6) is 1.06. The van der Waals surface area contributed by atoms with Crippen molar-refractivity contribution in [3.63, 3.8) is 0 Å². The number of benzene rings is 1. The molecule has 0 spiro atoms. The first-order chi connectivity index (χ1) is 8.67. The Labute approximate surface area is 107 Å². The van der Waals surface area contributed by atoms with E-state index in [0.717, 1.165) is 5.75 Å². The molecule has 0 amide bonds. The maximum absolute atomic E-state index is 11.3. The van der Waals surface area contributed by atoms with Crippen LogP contribution < -0.4 is 9.47 Å². The van der Waals surface area contributed by atoms with Gasteiger partial charge in [0.25, 0.3) is 0 Å². The van der Waals surface area contributed by atoms with E-state index in [1.165, 1.54) is 6.26 Å².